The van der Waals surface area contributed by atoms with Gasteiger partial charge in [0.25, 0.3) is 0 Å². The molecule has 0 unspecified atom stereocenters. The summed E-state index contributed by atoms with van der Waals surface area (Å²) in [5.74, 6) is 1.78. The second kappa shape index (κ2) is 14.8. The molecule has 12 rings (SSSR count). The van der Waals surface area contributed by atoms with Gasteiger partial charge in [-0.1, -0.05) is 170 Å². The summed E-state index contributed by atoms with van der Waals surface area (Å²) in [6.07, 6.45) is 0.846. The normalized spacial score (nSPS) is 11.8. The Hall–Kier alpha value is -8.21. The van der Waals surface area contributed by atoms with Crippen molar-refractivity contribution in [1.82, 2.24) is 15.0 Å². The van der Waals surface area contributed by atoms with Crippen LogP contribution in [-0.4, -0.2) is 15.0 Å². The molecule has 1 aliphatic rings. The summed E-state index contributed by atoms with van der Waals surface area (Å²) in [5.41, 5.74) is 18.9. The maximum absolute atomic E-state index is 6.36. The van der Waals surface area contributed by atoms with Crippen molar-refractivity contribution >= 4 is 21.9 Å². The maximum atomic E-state index is 6.36. The van der Waals surface area contributed by atoms with Crippen LogP contribution >= 0.6 is 0 Å². The van der Waals surface area contributed by atoms with Crippen LogP contribution in [0.4, 0.5) is 0 Å². The smallest absolute Gasteiger partial charge is 0.164 e. The van der Waals surface area contributed by atoms with Crippen molar-refractivity contribution < 1.29 is 4.42 Å². The Morgan fingerprint density at radius 2 is 0.726 bits per heavy atom. The van der Waals surface area contributed by atoms with E-state index >= 15 is 0 Å². The summed E-state index contributed by atoms with van der Waals surface area (Å²) < 4.78 is 6.36. The third kappa shape index (κ3) is 6.29. The van der Waals surface area contributed by atoms with Gasteiger partial charge < -0.3 is 4.42 Å². The first kappa shape index (κ1) is 35.7. The highest BCUT2D eigenvalue weighted by atomic mass is 16.3. The molecule has 0 N–H and O–H groups in total. The molecule has 0 saturated heterocycles. The highest BCUT2D eigenvalue weighted by molar-refractivity contribution is 6.05. The fourth-order valence-corrected chi connectivity index (χ4v) is 9.20. The molecule has 0 spiro atoms. The Kier molecular flexibility index (Phi) is 8.53. The van der Waals surface area contributed by atoms with Gasteiger partial charge in [0.2, 0.25) is 0 Å². The average molecular weight is 792 g/mol. The van der Waals surface area contributed by atoms with Crippen molar-refractivity contribution in [3.63, 3.8) is 0 Å². The zero-order valence-corrected chi connectivity index (χ0v) is 33.7. The van der Waals surface area contributed by atoms with Gasteiger partial charge in [0.05, 0.1) is 0 Å². The van der Waals surface area contributed by atoms with Crippen LogP contribution in [-0.2, 0) is 6.42 Å². The first-order valence-electron chi connectivity index (χ1n) is 21.0. The summed E-state index contributed by atoms with van der Waals surface area (Å²) in [6, 6.07) is 74.9. The molecule has 0 radical (unpaired) electrons. The molecule has 0 fully saturated rings. The topological polar surface area (TPSA) is 51.8 Å². The average Bonchev–Trinajstić information content (AvgIpc) is 3.93. The molecule has 9 aromatic carbocycles. The highest BCUT2D eigenvalue weighted by Gasteiger charge is 2.25. The molecule has 290 valence electrons. The molecule has 4 nitrogen and oxygen atoms in total. The van der Waals surface area contributed by atoms with Crippen LogP contribution in [0.2, 0.25) is 0 Å². The number of benzene rings is 9. The molecule has 2 aromatic heterocycles. The molecule has 0 bridgehead atoms. The van der Waals surface area contributed by atoms with Crippen molar-refractivity contribution in [2.24, 2.45) is 0 Å². The molecule has 0 atom stereocenters. The molecular formula is C58H37N3O. The fourth-order valence-electron chi connectivity index (χ4n) is 9.20. The monoisotopic (exact) mass is 791 g/mol. The number of hydrogen-bond donors (Lipinski definition) is 0. The standard InChI is InChI=1S/C58H37N3O/c1-4-15-37(16-5-1)40-21-12-22-41(31-40)56-59-57(42-29-30-51-50-23-10-11-28-54(50)62-55(51)35-42)61-58(60-56)45-33-43(38-17-6-2-7-18-38)32-44(34-45)47-25-14-27-49-48-26-13-24-46(52(48)36-53(47)49)39-19-8-3-9-20-39/h1-35H,36H2. The number of aromatic nitrogens is 3. The number of nitrogens with zero attached hydrogens (tertiary/aromatic N) is 3. The van der Waals surface area contributed by atoms with Crippen LogP contribution in [0.3, 0.4) is 0 Å². The Morgan fingerprint density at radius 3 is 1.42 bits per heavy atom. The molecule has 11 aromatic rings. The molecule has 0 aliphatic heterocycles. The summed E-state index contributed by atoms with van der Waals surface area (Å²) in [6.45, 7) is 0. The molecule has 4 heteroatoms. The van der Waals surface area contributed by atoms with Gasteiger partial charge in [-0.15, -0.1) is 0 Å². The Bertz CT molecular complexity index is 3480. The van der Waals surface area contributed by atoms with Gasteiger partial charge in [-0.25, -0.2) is 15.0 Å². The van der Waals surface area contributed by atoms with E-state index in [-0.39, 0.29) is 0 Å². The molecule has 1 aliphatic carbocycles. The SMILES string of the molecule is c1ccc(-c2cccc(-c3nc(-c4cc(-c5ccccc5)cc(-c5cccc6c5Cc5c(-c7ccccc7)cccc5-6)c4)nc(-c4ccc5c(c4)oc4ccccc45)n3)c2)cc1. The van der Waals surface area contributed by atoms with E-state index < -0.39 is 0 Å². The number of fused-ring (bicyclic) bond motifs is 6. The summed E-state index contributed by atoms with van der Waals surface area (Å²) in [4.78, 5) is 15.8. The van der Waals surface area contributed by atoms with Gasteiger partial charge in [-0.05, 0) is 116 Å². The minimum Gasteiger partial charge on any atom is -0.456 e. The lowest BCUT2D eigenvalue weighted by molar-refractivity contribution is 0.669. The summed E-state index contributed by atoms with van der Waals surface area (Å²) >= 11 is 0. The largest absolute Gasteiger partial charge is 0.456 e. The van der Waals surface area contributed by atoms with Crippen LogP contribution in [0.5, 0.6) is 0 Å². The van der Waals surface area contributed by atoms with Crippen molar-refractivity contribution in [2.45, 2.75) is 6.42 Å². The number of hydrogen-bond acceptors (Lipinski definition) is 4. The first-order chi connectivity index (χ1) is 30.7. The Labute approximate surface area is 359 Å². The van der Waals surface area contributed by atoms with E-state index in [1.54, 1.807) is 0 Å². The quantitative estimate of drug-likeness (QED) is 0.161. The lowest BCUT2D eigenvalue weighted by atomic mass is 9.91. The van der Waals surface area contributed by atoms with Crippen molar-refractivity contribution in [1.29, 1.82) is 0 Å². The maximum Gasteiger partial charge on any atom is 0.164 e. The van der Waals surface area contributed by atoms with Crippen LogP contribution in [0.25, 0.3) is 112 Å². The lowest BCUT2D eigenvalue weighted by Crippen LogP contribution is -2.01. The molecule has 62 heavy (non-hydrogen) atoms. The van der Waals surface area contributed by atoms with E-state index in [0.717, 1.165) is 72.9 Å². The number of rotatable bonds is 7. The molecular weight excluding hydrogens is 755 g/mol. The zero-order valence-electron chi connectivity index (χ0n) is 33.7. The summed E-state index contributed by atoms with van der Waals surface area (Å²) in [5, 5.41) is 2.14. The predicted molar refractivity (Wildman–Crippen MR) is 253 cm³/mol. The third-order valence-electron chi connectivity index (χ3n) is 12.2. The first-order valence-corrected chi connectivity index (χ1v) is 21.0. The third-order valence-corrected chi connectivity index (χ3v) is 12.2. The number of furan rings is 1. The van der Waals surface area contributed by atoms with Crippen molar-refractivity contribution in [3.8, 4) is 89.8 Å². The molecule has 0 saturated carbocycles. The minimum atomic E-state index is 0.577. The van der Waals surface area contributed by atoms with Gasteiger partial charge in [0.1, 0.15) is 11.2 Å². The fraction of sp³-hybridized carbons (Fsp3) is 0.0172. The van der Waals surface area contributed by atoms with Gasteiger partial charge >= 0.3 is 0 Å². The van der Waals surface area contributed by atoms with E-state index in [9.17, 15) is 0 Å². The minimum absolute atomic E-state index is 0.577. The zero-order chi connectivity index (χ0) is 41.0. The van der Waals surface area contributed by atoms with Crippen molar-refractivity contribution in [2.75, 3.05) is 0 Å². The van der Waals surface area contributed by atoms with Gasteiger partial charge in [0.15, 0.2) is 17.5 Å². The van der Waals surface area contributed by atoms with Gasteiger partial charge in [-0.3, -0.25) is 0 Å². The molecule has 2 heterocycles. The van der Waals surface area contributed by atoms with E-state index in [4.69, 9.17) is 19.4 Å². The highest BCUT2D eigenvalue weighted by Crippen LogP contribution is 2.46. The van der Waals surface area contributed by atoms with Crippen molar-refractivity contribution in [3.05, 3.63) is 223 Å². The van der Waals surface area contributed by atoms with E-state index in [1.165, 1.54) is 38.9 Å². The number of para-hydroxylation sites is 1. The van der Waals surface area contributed by atoms with E-state index in [0.29, 0.717) is 17.5 Å². The van der Waals surface area contributed by atoms with Crippen LogP contribution in [0, 0.1) is 0 Å². The van der Waals surface area contributed by atoms with E-state index in [1.807, 2.05) is 24.3 Å². The Balaban J connectivity index is 1.05. The van der Waals surface area contributed by atoms with Gasteiger partial charge in [-0.2, -0.15) is 0 Å². The Morgan fingerprint density at radius 1 is 0.274 bits per heavy atom. The van der Waals surface area contributed by atoms with E-state index in [2.05, 4.69) is 188 Å². The van der Waals surface area contributed by atoms with Crippen LogP contribution in [0.15, 0.2) is 217 Å². The van der Waals surface area contributed by atoms with Crippen LogP contribution in [0.1, 0.15) is 11.1 Å². The molecule has 0 amide bonds. The van der Waals surface area contributed by atoms with Gasteiger partial charge in [0, 0.05) is 27.5 Å². The second-order valence-electron chi connectivity index (χ2n) is 15.9. The lowest BCUT2D eigenvalue weighted by Gasteiger charge is -2.15. The summed E-state index contributed by atoms with van der Waals surface area (Å²) in [7, 11) is 0. The van der Waals surface area contributed by atoms with Crippen LogP contribution < -0.4 is 0 Å². The second-order valence-corrected chi connectivity index (χ2v) is 15.9. The predicted octanol–water partition coefficient (Wildman–Crippen LogP) is 15.0.